The van der Waals surface area contributed by atoms with Crippen molar-refractivity contribution < 1.29 is 14.3 Å². The molecule has 0 saturated carbocycles. The van der Waals surface area contributed by atoms with Crippen molar-refractivity contribution in [3.63, 3.8) is 0 Å². The maximum Gasteiger partial charge on any atom is 0.306 e. The molecular weight excluding hydrogens is 300 g/mol. The van der Waals surface area contributed by atoms with Crippen molar-refractivity contribution in [1.82, 2.24) is 0 Å². The number of hydrogen-bond donors (Lipinski definition) is 0. The van der Waals surface area contributed by atoms with Crippen LogP contribution in [0.4, 0.5) is 0 Å². The Morgan fingerprint density at radius 3 is 2.92 bits per heavy atom. The second-order valence-electron chi connectivity index (χ2n) is 6.45. The number of carbonyl (C=O) groups is 2. The van der Waals surface area contributed by atoms with Crippen LogP contribution in [0.1, 0.15) is 58.3 Å². The Kier molecular flexibility index (Phi) is 7.73. The Hall–Kier alpha value is -1.90. The van der Waals surface area contributed by atoms with Crippen LogP contribution in [-0.4, -0.2) is 17.9 Å². The molecule has 3 heteroatoms. The van der Waals surface area contributed by atoms with E-state index in [2.05, 4.69) is 37.3 Å². The molecule has 2 atom stereocenters. The fourth-order valence-corrected chi connectivity index (χ4v) is 3.05. The van der Waals surface area contributed by atoms with Crippen LogP contribution >= 0.6 is 0 Å². The summed E-state index contributed by atoms with van der Waals surface area (Å²) in [4.78, 5) is 23.8. The van der Waals surface area contributed by atoms with E-state index >= 15 is 0 Å². The van der Waals surface area contributed by atoms with Gasteiger partial charge in [-0.05, 0) is 31.8 Å². The largest absolute Gasteiger partial charge is 0.462 e. The highest BCUT2D eigenvalue weighted by Crippen LogP contribution is 2.27. The third kappa shape index (κ3) is 6.31. The molecule has 0 fully saturated rings. The smallest absolute Gasteiger partial charge is 0.306 e. The average Bonchev–Trinajstić information content (AvgIpc) is 2.57. The van der Waals surface area contributed by atoms with Crippen LogP contribution < -0.4 is 0 Å². The first-order valence-corrected chi connectivity index (χ1v) is 9.08. The van der Waals surface area contributed by atoms with Gasteiger partial charge in [0.05, 0.1) is 0 Å². The summed E-state index contributed by atoms with van der Waals surface area (Å²) in [7, 11) is 0. The number of ketones is 1. The van der Waals surface area contributed by atoms with Crippen molar-refractivity contribution in [3.05, 3.63) is 48.1 Å². The van der Waals surface area contributed by atoms with Gasteiger partial charge in [0.2, 0.25) is 0 Å². The summed E-state index contributed by atoms with van der Waals surface area (Å²) in [6, 6.07) is 0. The van der Waals surface area contributed by atoms with Gasteiger partial charge in [0.25, 0.3) is 0 Å². The second kappa shape index (κ2) is 10.1. The van der Waals surface area contributed by atoms with E-state index in [0.717, 1.165) is 37.7 Å². The van der Waals surface area contributed by atoms with Crippen molar-refractivity contribution in [1.29, 1.82) is 0 Å². The molecule has 0 radical (unpaired) electrons. The summed E-state index contributed by atoms with van der Waals surface area (Å²) in [5, 5.41) is 0. The number of esters is 1. The average molecular weight is 328 g/mol. The van der Waals surface area contributed by atoms with Gasteiger partial charge in [-0.25, -0.2) is 0 Å². The number of fused-ring (bicyclic) bond motifs is 1. The van der Waals surface area contributed by atoms with Gasteiger partial charge >= 0.3 is 5.97 Å². The fourth-order valence-electron chi connectivity index (χ4n) is 3.05. The van der Waals surface area contributed by atoms with Crippen LogP contribution in [0, 0.1) is 5.92 Å². The van der Waals surface area contributed by atoms with E-state index in [1.165, 1.54) is 0 Å². The number of hydrogen-bond acceptors (Lipinski definition) is 3. The highest BCUT2D eigenvalue weighted by molar-refractivity contribution is 5.92. The lowest BCUT2D eigenvalue weighted by Gasteiger charge is -2.20. The van der Waals surface area contributed by atoms with Gasteiger partial charge in [-0.1, -0.05) is 49.0 Å². The topological polar surface area (TPSA) is 43.4 Å². The summed E-state index contributed by atoms with van der Waals surface area (Å²) < 4.78 is 5.66. The van der Waals surface area contributed by atoms with Gasteiger partial charge < -0.3 is 4.74 Å². The molecule has 2 aliphatic rings. The van der Waals surface area contributed by atoms with Crippen LogP contribution in [0.2, 0.25) is 0 Å². The van der Waals surface area contributed by atoms with Gasteiger partial charge in [0.15, 0.2) is 5.78 Å². The van der Waals surface area contributed by atoms with E-state index < -0.39 is 0 Å². The lowest BCUT2D eigenvalue weighted by molar-refractivity contribution is -0.148. The van der Waals surface area contributed by atoms with Crippen LogP contribution in [0.5, 0.6) is 0 Å². The zero-order valence-corrected chi connectivity index (χ0v) is 14.6. The molecule has 2 unspecified atom stereocenters. The van der Waals surface area contributed by atoms with Gasteiger partial charge in [0, 0.05) is 31.6 Å². The number of rotatable bonds is 3. The molecule has 0 spiro atoms. The minimum Gasteiger partial charge on any atom is -0.462 e. The molecule has 0 amide bonds. The third-order valence-corrected chi connectivity index (χ3v) is 4.42. The predicted octanol–water partition coefficient (Wildman–Crippen LogP) is 4.85. The molecule has 1 heterocycles. The van der Waals surface area contributed by atoms with Crippen LogP contribution in [0.25, 0.3) is 0 Å². The van der Waals surface area contributed by atoms with Gasteiger partial charge in [-0.3, -0.25) is 9.59 Å². The zero-order chi connectivity index (χ0) is 17.2. The minimum atomic E-state index is -0.136. The first-order chi connectivity index (χ1) is 11.7. The Morgan fingerprint density at radius 2 is 2.08 bits per heavy atom. The highest BCUT2D eigenvalue weighted by Gasteiger charge is 2.19. The maximum absolute atomic E-state index is 12.0. The first-order valence-electron chi connectivity index (χ1n) is 9.08. The molecule has 3 nitrogen and oxygen atoms in total. The first kappa shape index (κ1) is 18.4. The lowest BCUT2D eigenvalue weighted by atomic mass is 9.85. The molecule has 1 aliphatic carbocycles. The van der Waals surface area contributed by atoms with E-state index in [4.69, 9.17) is 4.74 Å². The summed E-state index contributed by atoms with van der Waals surface area (Å²) in [6.45, 7) is 2.09. The number of allylic oxidation sites excluding steroid dienone is 6. The van der Waals surface area contributed by atoms with Crippen molar-refractivity contribution in [2.45, 2.75) is 64.4 Å². The molecule has 0 bridgehead atoms. The Balaban J connectivity index is 2.14. The summed E-state index contributed by atoms with van der Waals surface area (Å²) in [5.41, 5.74) is 1.16. The fraction of sp³-hybridized carbons (Fsp3) is 0.524. The molecular formula is C21H28O3. The third-order valence-electron chi connectivity index (χ3n) is 4.42. The summed E-state index contributed by atoms with van der Waals surface area (Å²) >= 11 is 0. The van der Waals surface area contributed by atoms with Crippen molar-refractivity contribution in [2.24, 2.45) is 5.92 Å². The van der Waals surface area contributed by atoms with Crippen molar-refractivity contribution in [3.8, 4) is 0 Å². The molecule has 0 saturated heterocycles. The molecule has 0 aromatic carbocycles. The lowest BCUT2D eigenvalue weighted by Crippen LogP contribution is -2.18. The van der Waals surface area contributed by atoms with Gasteiger partial charge in [0.1, 0.15) is 6.10 Å². The van der Waals surface area contributed by atoms with E-state index in [1.54, 1.807) is 6.08 Å². The van der Waals surface area contributed by atoms with E-state index in [9.17, 15) is 9.59 Å². The van der Waals surface area contributed by atoms with E-state index in [1.807, 2.05) is 6.08 Å². The summed E-state index contributed by atoms with van der Waals surface area (Å²) in [5.74, 6) is 0.333. The van der Waals surface area contributed by atoms with Crippen LogP contribution in [-0.2, 0) is 14.3 Å². The highest BCUT2D eigenvalue weighted by atomic mass is 16.5. The van der Waals surface area contributed by atoms with Crippen LogP contribution in [0.15, 0.2) is 48.1 Å². The van der Waals surface area contributed by atoms with Crippen LogP contribution in [0.3, 0.4) is 0 Å². The monoisotopic (exact) mass is 328 g/mol. The van der Waals surface area contributed by atoms with Crippen molar-refractivity contribution >= 4 is 11.8 Å². The Bertz CT molecular complexity index is 551. The van der Waals surface area contributed by atoms with Gasteiger partial charge in [-0.2, -0.15) is 0 Å². The molecule has 1 aliphatic heterocycles. The number of ether oxygens (including phenoxy) is 1. The van der Waals surface area contributed by atoms with E-state index in [-0.39, 0.29) is 17.9 Å². The van der Waals surface area contributed by atoms with Crippen molar-refractivity contribution in [2.75, 3.05) is 0 Å². The zero-order valence-electron chi connectivity index (χ0n) is 14.6. The Morgan fingerprint density at radius 1 is 1.21 bits per heavy atom. The van der Waals surface area contributed by atoms with Gasteiger partial charge in [-0.15, -0.1) is 0 Å². The molecule has 0 aromatic rings. The SMILES string of the molecule is CCC=CCC1CC=C2CC(=O)C=CC2CC=CCCCC(=O)O1. The quantitative estimate of drug-likeness (QED) is 0.549. The summed E-state index contributed by atoms with van der Waals surface area (Å²) in [6.07, 6.45) is 20.2. The molecule has 0 N–H and O–H groups in total. The molecule has 2 rings (SSSR count). The number of carbonyl (C=O) groups excluding carboxylic acids is 2. The normalized spacial score (nSPS) is 26.1. The molecule has 24 heavy (non-hydrogen) atoms. The predicted molar refractivity (Wildman–Crippen MR) is 96.5 cm³/mol. The second-order valence-corrected chi connectivity index (χ2v) is 6.45. The molecule has 130 valence electrons. The minimum absolute atomic E-state index is 0.118. The number of cyclic esters (lactones) is 1. The van der Waals surface area contributed by atoms with E-state index in [0.29, 0.717) is 25.2 Å². The Labute approximate surface area is 145 Å². The maximum atomic E-state index is 12.0. The standard InChI is InChI=1S/C21H28O3/c1-2-3-6-10-20-15-13-18-16-19(22)14-12-17(18)9-7-4-5-8-11-21(23)24-20/h3-4,6-7,12-14,17,20H,2,5,8-11,15-16H2,1H3. The molecule has 0 aromatic heterocycles.